The second kappa shape index (κ2) is 11.8. The van der Waals surface area contributed by atoms with Crippen molar-refractivity contribution in [3.05, 3.63) is 40.3 Å². The molecule has 1 saturated heterocycles. The van der Waals surface area contributed by atoms with Crippen molar-refractivity contribution in [3.63, 3.8) is 0 Å². The normalized spacial score (nSPS) is 23.5. The average Bonchev–Trinajstić information content (AvgIpc) is 2.78. The molecule has 1 aliphatic carbocycles. The van der Waals surface area contributed by atoms with E-state index in [9.17, 15) is 9.59 Å². The van der Waals surface area contributed by atoms with Gasteiger partial charge in [0.25, 0.3) is 5.91 Å². The van der Waals surface area contributed by atoms with Gasteiger partial charge in [0, 0.05) is 17.8 Å². The molecule has 31 heavy (non-hydrogen) atoms. The minimum atomic E-state index is -0.0193. The van der Waals surface area contributed by atoms with Gasteiger partial charge in [-0.1, -0.05) is 75.8 Å². The maximum absolute atomic E-state index is 13.4. The van der Waals surface area contributed by atoms with E-state index in [4.69, 9.17) is 0 Å². The summed E-state index contributed by atoms with van der Waals surface area (Å²) < 4.78 is 0. The molecule has 1 aromatic rings. The van der Waals surface area contributed by atoms with Crippen molar-refractivity contribution in [3.8, 4) is 0 Å². The van der Waals surface area contributed by atoms with Crippen LogP contribution < -0.4 is 5.32 Å². The number of nitrogens with one attached hydrogen (secondary N) is 1. The third kappa shape index (κ3) is 6.61. The topological polar surface area (TPSA) is 49.4 Å². The number of thioether (sulfide) groups is 1. The van der Waals surface area contributed by atoms with Crippen molar-refractivity contribution < 1.29 is 9.59 Å². The lowest BCUT2D eigenvalue weighted by molar-refractivity contribution is -0.135. The van der Waals surface area contributed by atoms with Gasteiger partial charge in [0.2, 0.25) is 5.91 Å². The molecular formula is C26H38N2O2S. The summed E-state index contributed by atoms with van der Waals surface area (Å²) in [5.41, 5.74) is 2.25. The summed E-state index contributed by atoms with van der Waals surface area (Å²) in [4.78, 5) is 28.8. The summed E-state index contributed by atoms with van der Waals surface area (Å²) in [6.45, 7) is 7.35. The van der Waals surface area contributed by atoms with Crippen LogP contribution in [-0.4, -0.2) is 41.1 Å². The van der Waals surface area contributed by atoms with E-state index in [2.05, 4.69) is 50.4 Å². The zero-order chi connectivity index (χ0) is 22.2. The molecule has 2 fully saturated rings. The molecular weight excluding hydrogens is 404 g/mol. The Labute approximate surface area is 192 Å². The average molecular weight is 443 g/mol. The van der Waals surface area contributed by atoms with Gasteiger partial charge in [0.1, 0.15) is 6.54 Å². The zero-order valence-electron chi connectivity index (χ0n) is 19.4. The predicted octanol–water partition coefficient (Wildman–Crippen LogP) is 5.56. The standard InChI is InChI=1S/C26H38N2O2S/c1-4-6-9-20(5-2)17-27-25(29)18-28-22-10-7-8-11-23(22)31-24(26(28)30)16-21-14-12-19(3)13-15-21/h12-16,20,22-23H,4-11,17-18H2,1-3H3,(H,27,29)/b24-16-. The van der Waals surface area contributed by atoms with Crippen LogP contribution in [0.2, 0.25) is 0 Å². The quantitative estimate of drug-likeness (QED) is 0.510. The molecule has 0 radical (unpaired) electrons. The zero-order valence-corrected chi connectivity index (χ0v) is 20.2. The van der Waals surface area contributed by atoms with Gasteiger partial charge in [0.05, 0.1) is 4.91 Å². The number of unbranched alkanes of at least 4 members (excludes halogenated alkanes) is 1. The number of carbonyl (C=O) groups is 2. The van der Waals surface area contributed by atoms with Gasteiger partial charge in [-0.3, -0.25) is 9.59 Å². The molecule has 1 heterocycles. The molecule has 3 unspecified atom stereocenters. The summed E-state index contributed by atoms with van der Waals surface area (Å²) in [6, 6.07) is 8.43. The maximum atomic E-state index is 13.4. The Morgan fingerprint density at radius 2 is 1.97 bits per heavy atom. The highest BCUT2D eigenvalue weighted by molar-refractivity contribution is 8.04. The first-order chi connectivity index (χ1) is 15.0. The first-order valence-electron chi connectivity index (χ1n) is 12.0. The van der Waals surface area contributed by atoms with Crippen LogP contribution >= 0.6 is 11.8 Å². The summed E-state index contributed by atoms with van der Waals surface area (Å²) in [5, 5.41) is 3.51. The van der Waals surface area contributed by atoms with Crippen molar-refractivity contribution in [2.75, 3.05) is 13.1 Å². The van der Waals surface area contributed by atoms with Crippen molar-refractivity contribution >= 4 is 29.7 Å². The Morgan fingerprint density at radius 3 is 2.68 bits per heavy atom. The van der Waals surface area contributed by atoms with E-state index in [1.54, 1.807) is 11.8 Å². The summed E-state index contributed by atoms with van der Waals surface area (Å²) in [6.07, 6.45) is 11.1. The first kappa shape index (κ1) is 23.9. The number of nitrogens with zero attached hydrogens (tertiary/aromatic N) is 1. The van der Waals surface area contributed by atoms with Crippen LogP contribution in [0.3, 0.4) is 0 Å². The smallest absolute Gasteiger partial charge is 0.261 e. The number of benzene rings is 1. The molecule has 5 heteroatoms. The fraction of sp³-hybridized carbons (Fsp3) is 0.615. The Morgan fingerprint density at radius 1 is 1.23 bits per heavy atom. The lowest BCUT2D eigenvalue weighted by Crippen LogP contribution is -2.54. The first-order valence-corrected chi connectivity index (χ1v) is 12.9. The summed E-state index contributed by atoms with van der Waals surface area (Å²) >= 11 is 1.72. The Hall–Kier alpha value is -1.75. The van der Waals surface area contributed by atoms with E-state index >= 15 is 0 Å². The molecule has 2 amide bonds. The number of hydrogen-bond donors (Lipinski definition) is 1. The molecule has 170 valence electrons. The van der Waals surface area contributed by atoms with E-state index in [-0.39, 0.29) is 24.4 Å². The van der Waals surface area contributed by atoms with Crippen molar-refractivity contribution in [2.45, 2.75) is 83.4 Å². The van der Waals surface area contributed by atoms with Crippen molar-refractivity contribution in [1.29, 1.82) is 0 Å². The number of rotatable bonds is 9. The third-order valence-corrected chi connectivity index (χ3v) is 8.04. The Balaban J connectivity index is 1.69. The highest BCUT2D eigenvalue weighted by atomic mass is 32.2. The van der Waals surface area contributed by atoms with E-state index < -0.39 is 0 Å². The number of hydrogen-bond acceptors (Lipinski definition) is 3. The SMILES string of the molecule is CCCCC(CC)CNC(=O)CN1C(=O)/C(=C/c2ccc(C)cc2)SC2CCCCC21. The van der Waals surface area contributed by atoms with E-state index in [1.807, 2.05) is 11.0 Å². The minimum Gasteiger partial charge on any atom is -0.354 e. The van der Waals surface area contributed by atoms with Gasteiger partial charge >= 0.3 is 0 Å². The highest BCUT2D eigenvalue weighted by Crippen LogP contribution is 2.42. The van der Waals surface area contributed by atoms with Crippen LogP contribution in [0.4, 0.5) is 0 Å². The molecule has 3 atom stereocenters. The minimum absolute atomic E-state index is 0.0156. The van der Waals surface area contributed by atoms with Gasteiger partial charge in [-0.2, -0.15) is 0 Å². The molecule has 4 nitrogen and oxygen atoms in total. The fourth-order valence-electron chi connectivity index (χ4n) is 4.59. The summed E-state index contributed by atoms with van der Waals surface area (Å²) in [5.74, 6) is 0.520. The predicted molar refractivity (Wildman–Crippen MR) is 131 cm³/mol. The molecule has 1 N–H and O–H groups in total. The second-order valence-corrected chi connectivity index (χ2v) is 10.4. The molecule has 1 aromatic carbocycles. The van der Waals surface area contributed by atoms with E-state index in [0.29, 0.717) is 17.7 Å². The fourth-order valence-corrected chi connectivity index (χ4v) is 6.06. The molecule has 0 bridgehead atoms. The van der Waals surface area contributed by atoms with E-state index in [0.717, 1.165) is 42.6 Å². The number of carbonyl (C=O) groups excluding carboxylic acids is 2. The number of amides is 2. The largest absolute Gasteiger partial charge is 0.354 e. The van der Waals surface area contributed by atoms with Crippen LogP contribution in [0.15, 0.2) is 29.2 Å². The monoisotopic (exact) mass is 442 g/mol. The molecule has 1 aliphatic heterocycles. The molecule has 0 aromatic heterocycles. The lowest BCUT2D eigenvalue weighted by atomic mass is 9.93. The van der Waals surface area contributed by atoms with Gasteiger partial charge < -0.3 is 10.2 Å². The van der Waals surface area contributed by atoms with Gasteiger partial charge in [-0.25, -0.2) is 0 Å². The van der Waals surface area contributed by atoms with Crippen molar-refractivity contribution in [1.82, 2.24) is 10.2 Å². The molecule has 2 aliphatic rings. The number of aryl methyl sites for hydroxylation is 1. The van der Waals surface area contributed by atoms with Crippen LogP contribution in [0.5, 0.6) is 0 Å². The van der Waals surface area contributed by atoms with Crippen LogP contribution in [-0.2, 0) is 9.59 Å². The van der Waals surface area contributed by atoms with Gasteiger partial charge in [-0.05, 0) is 43.7 Å². The van der Waals surface area contributed by atoms with Crippen LogP contribution in [0, 0.1) is 12.8 Å². The summed E-state index contributed by atoms with van der Waals surface area (Å²) in [7, 11) is 0. The Bertz CT molecular complexity index is 774. The third-order valence-electron chi connectivity index (χ3n) is 6.64. The van der Waals surface area contributed by atoms with Gasteiger partial charge in [0.15, 0.2) is 0 Å². The highest BCUT2D eigenvalue weighted by Gasteiger charge is 2.41. The Kier molecular flexibility index (Phi) is 9.06. The number of fused-ring (bicyclic) bond motifs is 1. The second-order valence-electron chi connectivity index (χ2n) is 9.08. The van der Waals surface area contributed by atoms with Crippen LogP contribution in [0.1, 0.15) is 76.3 Å². The van der Waals surface area contributed by atoms with Crippen molar-refractivity contribution in [2.24, 2.45) is 5.92 Å². The lowest BCUT2D eigenvalue weighted by Gasteiger charge is -2.43. The molecule has 0 spiro atoms. The molecule has 1 saturated carbocycles. The maximum Gasteiger partial charge on any atom is 0.261 e. The van der Waals surface area contributed by atoms with Crippen LogP contribution in [0.25, 0.3) is 6.08 Å². The molecule has 3 rings (SSSR count). The van der Waals surface area contributed by atoms with E-state index in [1.165, 1.54) is 24.8 Å². The van der Waals surface area contributed by atoms with Gasteiger partial charge in [-0.15, -0.1) is 11.8 Å².